The maximum atomic E-state index is 12.8. The Labute approximate surface area is 138 Å². The van der Waals surface area contributed by atoms with E-state index in [0.717, 1.165) is 31.7 Å². The molecule has 0 N–H and O–H groups in total. The zero-order valence-corrected chi connectivity index (χ0v) is 13.7. The Bertz CT molecular complexity index is 482. The minimum absolute atomic E-state index is 0.0488. The van der Waals surface area contributed by atoms with E-state index >= 15 is 0 Å². The summed E-state index contributed by atoms with van der Waals surface area (Å²) >= 11 is 0. The number of benzene rings is 1. The second-order valence-corrected chi connectivity index (χ2v) is 6.23. The molecule has 0 spiro atoms. The molecule has 3 rings (SSSR count). The number of likely N-dealkylation sites (tertiary alicyclic amines) is 1. The summed E-state index contributed by atoms with van der Waals surface area (Å²) in [6, 6.07) is 10.2. The molecule has 0 saturated carbocycles. The number of carbonyl (C=O) groups excluding carboxylic acids is 1. The van der Waals surface area contributed by atoms with Gasteiger partial charge in [-0.05, 0) is 31.5 Å². The summed E-state index contributed by atoms with van der Waals surface area (Å²) < 4.78 is 11.0. The van der Waals surface area contributed by atoms with Gasteiger partial charge in [0.25, 0.3) is 5.91 Å². The SMILES string of the molecule is O=C([C@@H]1COCCO1)N(CCN1CCCC1)Cc1ccccc1. The predicted molar refractivity (Wildman–Crippen MR) is 88.1 cm³/mol. The predicted octanol–water partition coefficient (Wildman–Crippen LogP) is 1.53. The maximum Gasteiger partial charge on any atom is 0.254 e. The van der Waals surface area contributed by atoms with Crippen LogP contribution in [0.25, 0.3) is 0 Å². The van der Waals surface area contributed by atoms with Crippen LogP contribution in [0.15, 0.2) is 30.3 Å². The van der Waals surface area contributed by atoms with E-state index in [1.807, 2.05) is 23.1 Å². The normalized spacial score (nSPS) is 22.2. The van der Waals surface area contributed by atoms with Crippen LogP contribution in [-0.2, 0) is 20.8 Å². The highest BCUT2D eigenvalue weighted by molar-refractivity contribution is 5.81. The number of carbonyl (C=O) groups is 1. The number of nitrogens with zero attached hydrogens (tertiary/aromatic N) is 2. The highest BCUT2D eigenvalue weighted by Crippen LogP contribution is 2.12. The van der Waals surface area contributed by atoms with Gasteiger partial charge in [0.2, 0.25) is 0 Å². The molecule has 23 heavy (non-hydrogen) atoms. The lowest BCUT2D eigenvalue weighted by Crippen LogP contribution is -2.47. The number of hydrogen-bond donors (Lipinski definition) is 0. The Balaban J connectivity index is 1.62. The average molecular weight is 318 g/mol. The molecule has 2 saturated heterocycles. The maximum absolute atomic E-state index is 12.8. The molecule has 0 aliphatic carbocycles. The molecule has 126 valence electrons. The fourth-order valence-electron chi connectivity index (χ4n) is 3.17. The smallest absolute Gasteiger partial charge is 0.254 e. The molecule has 0 radical (unpaired) electrons. The van der Waals surface area contributed by atoms with Crippen molar-refractivity contribution in [1.82, 2.24) is 9.80 Å². The first-order valence-electron chi connectivity index (χ1n) is 8.57. The molecule has 5 nitrogen and oxygen atoms in total. The van der Waals surface area contributed by atoms with Crippen molar-refractivity contribution in [2.24, 2.45) is 0 Å². The summed E-state index contributed by atoms with van der Waals surface area (Å²) in [5.41, 5.74) is 1.15. The molecule has 2 fully saturated rings. The Morgan fingerprint density at radius 1 is 1.17 bits per heavy atom. The third kappa shape index (κ3) is 4.77. The van der Waals surface area contributed by atoms with Crippen molar-refractivity contribution in [3.63, 3.8) is 0 Å². The van der Waals surface area contributed by atoms with Gasteiger partial charge in [0.05, 0.1) is 19.8 Å². The van der Waals surface area contributed by atoms with Gasteiger partial charge in [-0.15, -0.1) is 0 Å². The van der Waals surface area contributed by atoms with Gasteiger partial charge in [0.1, 0.15) is 0 Å². The van der Waals surface area contributed by atoms with Crippen molar-refractivity contribution in [3.8, 4) is 0 Å². The molecular weight excluding hydrogens is 292 g/mol. The van der Waals surface area contributed by atoms with Gasteiger partial charge in [-0.25, -0.2) is 0 Å². The van der Waals surface area contributed by atoms with E-state index in [-0.39, 0.29) is 5.91 Å². The van der Waals surface area contributed by atoms with Gasteiger partial charge in [-0.3, -0.25) is 4.79 Å². The van der Waals surface area contributed by atoms with Crippen LogP contribution in [0.4, 0.5) is 0 Å². The molecule has 1 aromatic rings. The summed E-state index contributed by atoms with van der Waals surface area (Å²) in [6.07, 6.45) is 2.09. The van der Waals surface area contributed by atoms with Gasteiger partial charge >= 0.3 is 0 Å². The van der Waals surface area contributed by atoms with Crippen LogP contribution in [0, 0.1) is 0 Å². The zero-order valence-electron chi connectivity index (χ0n) is 13.7. The standard InChI is InChI=1S/C18H26N2O3/c21-18(17-15-22-12-13-23-17)20(11-10-19-8-4-5-9-19)14-16-6-2-1-3-7-16/h1-3,6-7,17H,4-5,8-15H2/t17-/m0/s1. The van der Waals surface area contributed by atoms with Gasteiger partial charge in [0.15, 0.2) is 6.10 Å². The number of amides is 1. The molecule has 2 aliphatic rings. The van der Waals surface area contributed by atoms with Crippen molar-refractivity contribution in [2.45, 2.75) is 25.5 Å². The fourth-order valence-corrected chi connectivity index (χ4v) is 3.17. The molecule has 2 heterocycles. The summed E-state index contributed by atoms with van der Waals surface area (Å²) in [7, 11) is 0. The Kier molecular flexibility index (Phi) is 6.02. The molecule has 0 unspecified atom stereocenters. The second kappa shape index (κ2) is 8.43. The number of ether oxygens (including phenoxy) is 2. The zero-order chi connectivity index (χ0) is 15.9. The third-order valence-electron chi connectivity index (χ3n) is 4.50. The molecule has 0 bridgehead atoms. The second-order valence-electron chi connectivity index (χ2n) is 6.23. The van der Waals surface area contributed by atoms with Crippen molar-refractivity contribution >= 4 is 5.91 Å². The number of hydrogen-bond acceptors (Lipinski definition) is 4. The van der Waals surface area contributed by atoms with Crippen molar-refractivity contribution in [3.05, 3.63) is 35.9 Å². The van der Waals surface area contributed by atoms with E-state index < -0.39 is 6.10 Å². The van der Waals surface area contributed by atoms with Gasteiger partial charge < -0.3 is 19.3 Å². The molecule has 5 heteroatoms. The molecule has 1 aromatic carbocycles. The van der Waals surface area contributed by atoms with E-state index in [0.29, 0.717) is 26.4 Å². The first-order valence-corrected chi connectivity index (χ1v) is 8.57. The Morgan fingerprint density at radius 3 is 2.65 bits per heavy atom. The first kappa shape index (κ1) is 16.4. The molecule has 1 amide bonds. The molecular formula is C18H26N2O3. The van der Waals surface area contributed by atoms with Crippen molar-refractivity contribution in [1.29, 1.82) is 0 Å². The van der Waals surface area contributed by atoms with Gasteiger partial charge in [-0.1, -0.05) is 30.3 Å². The van der Waals surface area contributed by atoms with Gasteiger partial charge in [0, 0.05) is 19.6 Å². The fraction of sp³-hybridized carbons (Fsp3) is 0.611. The molecule has 2 aliphatic heterocycles. The van der Waals surface area contributed by atoms with Gasteiger partial charge in [-0.2, -0.15) is 0 Å². The topological polar surface area (TPSA) is 42.0 Å². The Morgan fingerprint density at radius 2 is 1.96 bits per heavy atom. The number of rotatable bonds is 6. The van der Waals surface area contributed by atoms with Crippen molar-refractivity contribution < 1.29 is 14.3 Å². The summed E-state index contributed by atoms with van der Waals surface area (Å²) in [5.74, 6) is 0.0488. The summed E-state index contributed by atoms with van der Waals surface area (Å²) in [5, 5.41) is 0. The van der Waals surface area contributed by atoms with Crippen LogP contribution >= 0.6 is 0 Å². The lowest BCUT2D eigenvalue weighted by molar-refractivity contribution is -0.158. The largest absolute Gasteiger partial charge is 0.376 e. The molecule has 1 atom stereocenters. The quantitative estimate of drug-likeness (QED) is 0.798. The van der Waals surface area contributed by atoms with E-state index in [4.69, 9.17) is 9.47 Å². The summed E-state index contributed by atoms with van der Waals surface area (Å²) in [4.78, 5) is 17.2. The van der Waals surface area contributed by atoms with Crippen LogP contribution < -0.4 is 0 Å². The first-order chi connectivity index (χ1) is 11.3. The third-order valence-corrected chi connectivity index (χ3v) is 4.50. The van der Waals surface area contributed by atoms with Crippen LogP contribution in [-0.4, -0.2) is 67.8 Å². The highest BCUT2D eigenvalue weighted by Gasteiger charge is 2.28. The van der Waals surface area contributed by atoms with Crippen LogP contribution in [0.1, 0.15) is 18.4 Å². The Hall–Kier alpha value is -1.43. The van der Waals surface area contributed by atoms with E-state index in [1.54, 1.807) is 0 Å². The molecule has 0 aromatic heterocycles. The van der Waals surface area contributed by atoms with E-state index in [1.165, 1.54) is 12.8 Å². The van der Waals surface area contributed by atoms with Crippen molar-refractivity contribution in [2.75, 3.05) is 46.0 Å². The monoisotopic (exact) mass is 318 g/mol. The van der Waals surface area contributed by atoms with E-state index in [2.05, 4.69) is 17.0 Å². The minimum Gasteiger partial charge on any atom is -0.376 e. The lowest BCUT2D eigenvalue weighted by atomic mass is 10.2. The van der Waals surface area contributed by atoms with Crippen LogP contribution in [0.3, 0.4) is 0 Å². The lowest BCUT2D eigenvalue weighted by Gasteiger charge is -2.30. The van der Waals surface area contributed by atoms with E-state index in [9.17, 15) is 4.79 Å². The highest BCUT2D eigenvalue weighted by atomic mass is 16.6. The summed E-state index contributed by atoms with van der Waals surface area (Å²) in [6.45, 7) is 6.06. The average Bonchev–Trinajstić information content (AvgIpc) is 3.13. The minimum atomic E-state index is -0.453. The van der Waals surface area contributed by atoms with Crippen LogP contribution in [0.2, 0.25) is 0 Å². The van der Waals surface area contributed by atoms with Crippen LogP contribution in [0.5, 0.6) is 0 Å².